The molecule has 226 valence electrons. The molecule has 0 amide bonds. The normalized spacial score (nSPS) is 23.7. The molecule has 4 fully saturated rings. The molecular weight excluding hydrogens is 584 g/mol. The fourth-order valence-electron chi connectivity index (χ4n) is 8.95. The Balaban J connectivity index is 1.01. The molecule has 45 heavy (non-hydrogen) atoms. The lowest BCUT2D eigenvalue weighted by Gasteiger charge is -2.56. The quantitative estimate of drug-likeness (QED) is 0.192. The summed E-state index contributed by atoms with van der Waals surface area (Å²) in [7, 11) is 0. The van der Waals surface area contributed by atoms with Crippen LogP contribution in [0, 0.1) is 30.1 Å². The molecule has 6 aromatic rings. The largest absolute Gasteiger partial charge is 0.478 e. The summed E-state index contributed by atoms with van der Waals surface area (Å²) in [5.74, 6) is 2.68. The third-order valence-electron chi connectivity index (χ3n) is 10.4. The molecule has 10 nitrogen and oxygen atoms in total. The Kier molecular flexibility index (Phi) is 5.90. The Hall–Kier alpha value is -4.64. The second-order valence-electron chi connectivity index (χ2n) is 13.4. The fourth-order valence-corrected chi connectivity index (χ4v) is 9.82. The smallest absolute Gasteiger partial charge is 0.337 e. The molecule has 10 rings (SSSR count). The van der Waals surface area contributed by atoms with Crippen molar-refractivity contribution in [1.82, 2.24) is 34.7 Å². The van der Waals surface area contributed by atoms with Gasteiger partial charge in [0.05, 0.1) is 33.7 Å². The molecule has 0 spiro atoms. The zero-order chi connectivity index (χ0) is 30.3. The van der Waals surface area contributed by atoms with E-state index in [1.807, 2.05) is 54.7 Å². The highest BCUT2D eigenvalue weighted by molar-refractivity contribution is 7.22. The van der Waals surface area contributed by atoms with Gasteiger partial charge in [-0.1, -0.05) is 29.5 Å². The summed E-state index contributed by atoms with van der Waals surface area (Å²) >= 11 is 1.55. The van der Waals surface area contributed by atoms with E-state index in [1.54, 1.807) is 22.2 Å². The number of thiazole rings is 1. The average molecular weight is 617 g/mol. The second-order valence-corrected chi connectivity index (χ2v) is 14.4. The first-order valence-corrected chi connectivity index (χ1v) is 16.5. The van der Waals surface area contributed by atoms with Crippen molar-refractivity contribution >= 4 is 49.4 Å². The van der Waals surface area contributed by atoms with E-state index < -0.39 is 5.97 Å². The number of aromatic carboxylic acids is 1. The van der Waals surface area contributed by atoms with Gasteiger partial charge >= 0.3 is 5.97 Å². The van der Waals surface area contributed by atoms with Crippen LogP contribution in [-0.2, 0) is 6.54 Å². The van der Waals surface area contributed by atoms with E-state index in [4.69, 9.17) is 5.10 Å². The van der Waals surface area contributed by atoms with Crippen LogP contribution >= 0.6 is 11.3 Å². The molecule has 2 N–H and O–H groups in total. The Morgan fingerprint density at radius 2 is 1.73 bits per heavy atom. The topological polar surface area (TPSA) is 124 Å². The molecule has 4 aliphatic rings. The van der Waals surface area contributed by atoms with Gasteiger partial charge in [0.15, 0.2) is 16.8 Å². The van der Waals surface area contributed by atoms with Crippen LogP contribution in [0.2, 0.25) is 0 Å². The molecule has 4 heterocycles. The molecule has 4 saturated carbocycles. The zero-order valence-electron chi connectivity index (χ0n) is 24.8. The number of hydrogen-bond donors (Lipinski definition) is 2. The van der Waals surface area contributed by atoms with Gasteiger partial charge in [-0.2, -0.15) is 10.2 Å². The van der Waals surface area contributed by atoms with Crippen molar-refractivity contribution in [3.8, 4) is 16.9 Å². The van der Waals surface area contributed by atoms with Gasteiger partial charge in [0.2, 0.25) is 0 Å². The van der Waals surface area contributed by atoms with Crippen LogP contribution in [0.5, 0.6) is 0 Å². The summed E-state index contributed by atoms with van der Waals surface area (Å²) in [6, 6.07) is 15.4. The summed E-state index contributed by atoms with van der Waals surface area (Å²) in [4.78, 5) is 17.3. The number of carboxylic acids is 1. The fraction of sp³-hybridized carbons (Fsp3) is 0.353. The molecule has 0 saturated heterocycles. The van der Waals surface area contributed by atoms with Crippen LogP contribution in [0.1, 0.15) is 54.6 Å². The standard InChI is InChI=1S/C34H32N8O2S/c1-19-24(16-35-41(19)18-34-13-20-10-21(14-34)12-22(11-20)15-34)23-6-7-27-25(31(23)32(43)44)17-36-42(27)30-9-8-29(39-40-30)38-33-37-26-4-2-3-5-28(26)45-33/h2-9,16-17,20-22H,10-15,18H2,1H3,(H,43,44)(H,37,38,39). The Morgan fingerprint density at radius 3 is 2.44 bits per heavy atom. The first kappa shape index (κ1) is 26.7. The third-order valence-corrected chi connectivity index (χ3v) is 11.4. The molecule has 4 aliphatic carbocycles. The average Bonchev–Trinajstić information content (AvgIpc) is 3.73. The predicted molar refractivity (Wildman–Crippen MR) is 173 cm³/mol. The van der Waals surface area contributed by atoms with Crippen molar-refractivity contribution in [3.05, 3.63) is 72.2 Å². The van der Waals surface area contributed by atoms with Crippen molar-refractivity contribution in [2.45, 2.75) is 52.0 Å². The summed E-state index contributed by atoms with van der Waals surface area (Å²) in [5.41, 5.74) is 4.67. The number of para-hydroxylation sites is 1. The van der Waals surface area contributed by atoms with Gasteiger partial charge in [0.1, 0.15) is 0 Å². The number of anilines is 2. The highest BCUT2D eigenvalue weighted by Crippen LogP contribution is 2.60. The van der Waals surface area contributed by atoms with E-state index in [9.17, 15) is 9.90 Å². The number of carbonyl (C=O) groups is 1. The van der Waals surface area contributed by atoms with Crippen LogP contribution < -0.4 is 5.32 Å². The highest BCUT2D eigenvalue weighted by atomic mass is 32.1. The van der Waals surface area contributed by atoms with Crippen molar-refractivity contribution in [3.63, 3.8) is 0 Å². The molecule has 0 radical (unpaired) electrons. The van der Waals surface area contributed by atoms with Crippen LogP contribution in [0.3, 0.4) is 0 Å². The number of benzene rings is 2. The van der Waals surface area contributed by atoms with Crippen LogP contribution in [0.25, 0.3) is 38.1 Å². The number of nitrogens with one attached hydrogen (secondary N) is 1. The first-order valence-electron chi connectivity index (χ1n) is 15.6. The number of hydrogen-bond acceptors (Lipinski definition) is 8. The van der Waals surface area contributed by atoms with Crippen molar-refractivity contribution in [1.29, 1.82) is 0 Å². The summed E-state index contributed by atoms with van der Waals surface area (Å²) < 4.78 is 4.86. The van der Waals surface area contributed by atoms with Gasteiger partial charge in [0.25, 0.3) is 0 Å². The molecule has 2 aromatic carbocycles. The SMILES string of the molecule is Cc1c(-c2ccc3c(cnn3-c3ccc(Nc4nc5ccccc5s4)nn3)c2C(=O)O)cnn1CC12CC3CC(CC(C3)C1)C2. The van der Waals surface area contributed by atoms with Gasteiger partial charge in [0, 0.05) is 28.8 Å². The number of aromatic nitrogens is 7. The van der Waals surface area contributed by atoms with Gasteiger partial charge in [-0.15, -0.1) is 10.2 Å². The summed E-state index contributed by atoms with van der Waals surface area (Å²) in [5, 5.41) is 33.0. The monoisotopic (exact) mass is 616 g/mol. The zero-order valence-corrected chi connectivity index (χ0v) is 25.7. The van der Waals surface area contributed by atoms with Gasteiger partial charge in [-0.25, -0.2) is 14.5 Å². The lowest BCUT2D eigenvalue weighted by molar-refractivity contribution is -0.0638. The van der Waals surface area contributed by atoms with Gasteiger partial charge in [-0.05, 0) is 98.9 Å². The number of rotatable bonds is 7. The first-order chi connectivity index (χ1) is 21.9. The second kappa shape index (κ2) is 9.93. The highest BCUT2D eigenvalue weighted by Gasteiger charge is 2.51. The Labute approximate surface area is 263 Å². The Bertz CT molecular complexity index is 2040. The molecule has 0 aliphatic heterocycles. The third kappa shape index (κ3) is 4.43. The lowest BCUT2D eigenvalue weighted by Crippen LogP contribution is -2.48. The van der Waals surface area contributed by atoms with Crippen molar-refractivity contribution < 1.29 is 9.90 Å². The minimum Gasteiger partial charge on any atom is -0.478 e. The van der Waals surface area contributed by atoms with Gasteiger partial charge < -0.3 is 10.4 Å². The van der Waals surface area contributed by atoms with Crippen LogP contribution in [-0.4, -0.2) is 45.8 Å². The van der Waals surface area contributed by atoms with E-state index >= 15 is 0 Å². The molecule has 0 atom stereocenters. The minimum absolute atomic E-state index is 0.221. The van der Waals surface area contributed by atoms with Gasteiger partial charge in [-0.3, -0.25) is 4.68 Å². The maximum Gasteiger partial charge on any atom is 0.337 e. The van der Waals surface area contributed by atoms with E-state index in [0.29, 0.717) is 33.5 Å². The van der Waals surface area contributed by atoms with Crippen molar-refractivity contribution in [2.24, 2.45) is 23.2 Å². The maximum absolute atomic E-state index is 12.7. The molecular formula is C34H32N8O2S. The van der Waals surface area contributed by atoms with E-state index in [2.05, 4.69) is 37.2 Å². The summed E-state index contributed by atoms with van der Waals surface area (Å²) in [6.07, 6.45) is 11.6. The van der Waals surface area contributed by atoms with E-state index in [-0.39, 0.29) is 5.56 Å². The Morgan fingerprint density at radius 1 is 0.956 bits per heavy atom. The molecule has 0 unspecified atom stereocenters. The van der Waals surface area contributed by atoms with E-state index in [1.165, 1.54) is 38.5 Å². The molecule has 4 aromatic heterocycles. The summed E-state index contributed by atoms with van der Waals surface area (Å²) in [6.45, 7) is 3.00. The van der Waals surface area contributed by atoms with Crippen LogP contribution in [0.4, 0.5) is 10.9 Å². The maximum atomic E-state index is 12.7. The van der Waals surface area contributed by atoms with E-state index in [0.717, 1.165) is 50.9 Å². The minimum atomic E-state index is -0.996. The predicted octanol–water partition coefficient (Wildman–Crippen LogP) is 7.26. The number of nitrogens with zero attached hydrogens (tertiary/aromatic N) is 7. The lowest BCUT2D eigenvalue weighted by atomic mass is 9.49. The number of fused-ring (bicyclic) bond motifs is 2. The van der Waals surface area contributed by atoms with Crippen LogP contribution in [0.15, 0.2) is 60.9 Å². The molecule has 11 heteroatoms. The number of carboxylic acid groups (broad SMARTS) is 1. The van der Waals surface area contributed by atoms with Crippen molar-refractivity contribution in [2.75, 3.05) is 5.32 Å². The molecule has 4 bridgehead atoms.